The first-order valence-corrected chi connectivity index (χ1v) is 7.08. The van der Waals surface area contributed by atoms with Crippen molar-refractivity contribution in [1.29, 1.82) is 0 Å². The Bertz CT molecular complexity index is 766. The molecule has 3 aromatic rings. The summed E-state index contributed by atoms with van der Waals surface area (Å²) in [6.45, 7) is 6.74. The van der Waals surface area contributed by atoms with E-state index in [2.05, 4.69) is 35.9 Å². The minimum Gasteiger partial charge on any atom is -0.492 e. The molecular formula is C17H19N3O. The number of benzene rings is 2. The van der Waals surface area contributed by atoms with Crippen LogP contribution in [0.2, 0.25) is 0 Å². The summed E-state index contributed by atoms with van der Waals surface area (Å²) in [7, 11) is 0. The van der Waals surface area contributed by atoms with E-state index in [1.165, 1.54) is 11.1 Å². The van der Waals surface area contributed by atoms with Gasteiger partial charge in [-0.2, -0.15) is 0 Å². The number of nitrogens with one attached hydrogen (secondary N) is 1. The number of hydrogen-bond donors (Lipinski definition) is 2. The Hall–Kier alpha value is -2.49. The first kappa shape index (κ1) is 13.5. The zero-order chi connectivity index (χ0) is 15.0. The minimum atomic E-state index is 0.604. The Labute approximate surface area is 124 Å². The molecule has 0 aliphatic heterocycles. The van der Waals surface area contributed by atoms with Gasteiger partial charge in [0, 0.05) is 5.56 Å². The largest absolute Gasteiger partial charge is 0.492 e. The Balaban J connectivity index is 2.06. The topological polar surface area (TPSA) is 63.9 Å². The second-order valence-corrected chi connectivity index (χ2v) is 5.22. The van der Waals surface area contributed by atoms with E-state index >= 15 is 0 Å². The molecule has 1 heterocycles. The van der Waals surface area contributed by atoms with Gasteiger partial charge < -0.3 is 15.5 Å². The van der Waals surface area contributed by atoms with E-state index < -0.39 is 0 Å². The summed E-state index contributed by atoms with van der Waals surface area (Å²) < 4.78 is 5.46. The average Bonchev–Trinajstić information content (AvgIpc) is 2.84. The van der Waals surface area contributed by atoms with Gasteiger partial charge >= 0.3 is 0 Å². The third-order valence-electron chi connectivity index (χ3n) is 3.68. The lowest BCUT2D eigenvalue weighted by atomic mass is 10.1. The Morgan fingerprint density at radius 2 is 1.90 bits per heavy atom. The summed E-state index contributed by atoms with van der Waals surface area (Å²) in [5.74, 6) is 1.54. The van der Waals surface area contributed by atoms with Crippen LogP contribution in [0.25, 0.3) is 22.4 Å². The van der Waals surface area contributed by atoms with Crippen LogP contribution < -0.4 is 10.5 Å². The van der Waals surface area contributed by atoms with Gasteiger partial charge in [-0.1, -0.05) is 0 Å². The van der Waals surface area contributed by atoms with Crippen LogP contribution in [0.3, 0.4) is 0 Å². The number of hydrogen-bond acceptors (Lipinski definition) is 3. The van der Waals surface area contributed by atoms with Gasteiger partial charge in [-0.3, -0.25) is 0 Å². The van der Waals surface area contributed by atoms with Crippen molar-refractivity contribution in [3.8, 4) is 17.1 Å². The number of H-pyrrole nitrogens is 1. The highest BCUT2D eigenvalue weighted by Crippen LogP contribution is 2.29. The van der Waals surface area contributed by atoms with Crippen LogP contribution in [0, 0.1) is 13.8 Å². The molecule has 21 heavy (non-hydrogen) atoms. The van der Waals surface area contributed by atoms with Gasteiger partial charge in [-0.15, -0.1) is 0 Å². The molecule has 2 aromatic carbocycles. The molecule has 0 aliphatic carbocycles. The number of ether oxygens (including phenoxy) is 1. The maximum absolute atomic E-state index is 6.02. The van der Waals surface area contributed by atoms with Gasteiger partial charge in [0.05, 0.1) is 23.3 Å². The number of aromatic nitrogens is 2. The lowest BCUT2D eigenvalue weighted by Crippen LogP contribution is -1.97. The van der Waals surface area contributed by atoms with E-state index in [4.69, 9.17) is 10.5 Å². The number of aromatic amines is 1. The molecule has 0 fully saturated rings. The highest BCUT2D eigenvalue weighted by atomic mass is 16.5. The van der Waals surface area contributed by atoms with Crippen molar-refractivity contribution in [2.24, 2.45) is 0 Å². The Morgan fingerprint density at radius 1 is 1.14 bits per heavy atom. The number of nitrogens with zero attached hydrogens (tertiary/aromatic N) is 1. The maximum atomic E-state index is 6.02. The van der Waals surface area contributed by atoms with E-state index in [1.54, 1.807) is 0 Å². The zero-order valence-corrected chi connectivity index (χ0v) is 12.5. The fourth-order valence-corrected chi connectivity index (χ4v) is 2.39. The average molecular weight is 281 g/mol. The zero-order valence-electron chi connectivity index (χ0n) is 12.5. The van der Waals surface area contributed by atoms with E-state index in [-0.39, 0.29) is 0 Å². The van der Waals surface area contributed by atoms with Crippen LogP contribution in [-0.2, 0) is 0 Å². The van der Waals surface area contributed by atoms with Crippen LogP contribution in [0.4, 0.5) is 5.69 Å². The molecule has 0 radical (unpaired) electrons. The van der Waals surface area contributed by atoms with E-state index in [0.29, 0.717) is 18.0 Å². The first-order valence-electron chi connectivity index (χ1n) is 7.08. The standard InChI is InChI=1S/C17H19N3O/c1-4-21-16-6-5-12(9-13(16)18)17-19-14-7-10(2)11(3)8-15(14)20-17/h5-9H,4,18H2,1-3H3,(H,19,20). The second-order valence-electron chi connectivity index (χ2n) is 5.22. The molecule has 1 aromatic heterocycles. The number of nitrogen functional groups attached to an aromatic ring is 1. The lowest BCUT2D eigenvalue weighted by Gasteiger charge is -2.07. The van der Waals surface area contributed by atoms with Crippen LogP contribution in [-0.4, -0.2) is 16.6 Å². The van der Waals surface area contributed by atoms with Gasteiger partial charge in [-0.25, -0.2) is 4.98 Å². The summed E-state index contributed by atoms with van der Waals surface area (Å²) in [5.41, 5.74) is 12.1. The second kappa shape index (κ2) is 5.13. The summed E-state index contributed by atoms with van der Waals surface area (Å²) in [5, 5.41) is 0. The molecule has 4 nitrogen and oxygen atoms in total. The molecule has 4 heteroatoms. The molecule has 0 atom stereocenters. The van der Waals surface area contributed by atoms with Crippen molar-refractivity contribution in [1.82, 2.24) is 9.97 Å². The molecule has 0 aliphatic rings. The normalized spacial score (nSPS) is 11.0. The van der Waals surface area contributed by atoms with Crippen LogP contribution in [0.1, 0.15) is 18.1 Å². The van der Waals surface area contributed by atoms with Crippen molar-refractivity contribution in [2.75, 3.05) is 12.3 Å². The smallest absolute Gasteiger partial charge is 0.142 e. The van der Waals surface area contributed by atoms with Crippen molar-refractivity contribution < 1.29 is 4.74 Å². The van der Waals surface area contributed by atoms with Gasteiger partial charge in [0.2, 0.25) is 0 Å². The summed E-state index contributed by atoms with van der Waals surface area (Å²) in [4.78, 5) is 8.00. The lowest BCUT2D eigenvalue weighted by molar-refractivity contribution is 0.342. The van der Waals surface area contributed by atoms with Crippen molar-refractivity contribution >= 4 is 16.7 Å². The highest BCUT2D eigenvalue weighted by Gasteiger charge is 2.09. The molecule has 0 saturated heterocycles. The van der Waals surface area contributed by atoms with Crippen LogP contribution in [0.15, 0.2) is 30.3 Å². The molecule has 0 saturated carbocycles. The molecule has 0 bridgehead atoms. The number of imidazole rings is 1. The molecule has 0 spiro atoms. The summed E-state index contributed by atoms with van der Waals surface area (Å²) in [6, 6.07) is 9.97. The molecule has 3 rings (SSSR count). The van der Waals surface area contributed by atoms with Gasteiger partial charge in [0.15, 0.2) is 0 Å². The van der Waals surface area contributed by atoms with Crippen LogP contribution in [0.5, 0.6) is 5.75 Å². The molecule has 3 N–H and O–H groups in total. The van der Waals surface area contributed by atoms with Crippen LogP contribution >= 0.6 is 0 Å². The van der Waals surface area contributed by atoms with E-state index in [9.17, 15) is 0 Å². The number of rotatable bonds is 3. The van der Waals surface area contributed by atoms with Crippen molar-refractivity contribution in [3.05, 3.63) is 41.5 Å². The van der Waals surface area contributed by atoms with Gasteiger partial charge in [0.1, 0.15) is 11.6 Å². The van der Waals surface area contributed by atoms with Crippen molar-refractivity contribution in [3.63, 3.8) is 0 Å². The third kappa shape index (κ3) is 2.44. The highest BCUT2D eigenvalue weighted by molar-refractivity contribution is 5.81. The van der Waals surface area contributed by atoms with Gasteiger partial charge in [-0.05, 0) is 62.2 Å². The minimum absolute atomic E-state index is 0.604. The quantitative estimate of drug-likeness (QED) is 0.717. The van der Waals surface area contributed by atoms with Gasteiger partial charge in [0.25, 0.3) is 0 Å². The van der Waals surface area contributed by atoms with Crippen molar-refractivity contribution in [2.45, 2.75) is 20.8 Å². The van der Waals surface area contributed by atoms with E-state index in [0.717, 1.165) is 22.4 Å². The number of anilines is 1. The third-order valence-corrected chi connectivity index (χ3v) is 3.68. The number of aryl methyl sites for hydroxylation is 2. The molecule has 0 unspecified atom stereocenters. The molecule has 108 valence electrons. The predicted octanol–water partition coefficient (Wildman–Crippen LogP) is 3.83. The first-order chi connectivity index (χ1) is 10.1. The fourth-order valence-electron chi connectivity index (χ4n) is 2.39. The molecular weight excluding hydrogens is 262 g/mol. The Morgan fingerprint density at radius 3 is 2.62 bits per heavy atom. The monoisotopic (exact) mass is 281 g/mol. The predicted molar refractivity (Wildman–Crippen MR) is 86.6 cm³/mol. The maximum Gasteiger partial charge on any atom is 0.142 e. The SMILES string of the molecule is CCOc1ccc(-c2nc3cc(C)c(C)cc3[nH]2)cc1N. The molecule has 0 amide bonds. The number of fused-ring (bicyclic) bond motifs is 1. The summed E-state index contributed by atoms with van der Waals surface area (Å²) >= 11 is 0. The summed E-state index contributed by atoms with van der Waals surface area (Å²) in [6.07, 6.45) is 0. The number of nitrogens with two attached hydrogens (primary N) is 1. The fraction of sp³-hybridized carbons (Fsp3) is 0.235. The van der Waals surface area contributed by atoms with E-state index in [1.807, 2.05) is 25.1 Å². The Kier molecular flexibility index (Phi) is 3.29.